The zero-order valence-corrected chi connectivity index (χ0v) is 16.4. The van der Waals surface area contributed by atoms with Crippen LogP contribution in [0.4, 0.5) is 5.82 Å². The third kappa shape index (κ3) is 4.05. The number of nitrogens with zero attached hydrogens (tertiary/aromatic N) is 3. The van der Waals surface area contributed by atoms with Gasteiger partial charge in [0.15, 0.2) is 0 Å². The topological polar surface area (TPSA) is 38.2 Å². The fourth-order valence-electron chi connectivity index (χ4n) is 3.74. The summed E-state index contributed by atoms with van der Waals surface area (Å²) >= 11 is 2.20. The summed E-state index contributed by atoms with van der Waals surface area (Å²) in [6.07, 6.45) is 6.88. The van der Waals surface area contributed by atoms with Crippen LogP contribution in [0.15, 0.2) is 6.07 Å². The maximum atomic E-state index is 5.33. The third-order valence-electron chi connectivity index (χ3n) is 5.07. The summed E-state index contributed by atoms with van der Waals surface area (Å²) in [6.45, 7) is 9.29. The first-order valence-corrected chi connectivity index (χ1v) is 10.2. The highest BCUT2D eigenvalue weighted by Crippen LogP contribution is 2.43. The fraction of sp³-hybridized carbons (Fsp3) is 0.789. The van der Waals surface area contributed by atoms with Gasteiger partial charge >= 0.3 is 0 Å². The predicted molar refractivity (Wildman–Crippen MR) is 102 cm³/mol. The van der Waals surface area contributed by atoms with Crippen molar-refractivity contribution in [3.63, 3.8) is 0 Å². The first kappa shape index (κ1) is 18.0. The lowest BCUT2D eigenvalue weighted by atomic mass is 9.87. The van der Waals surface area contributed by atoms with Gasteiger partial charge in [0, 0.05) is 42.2 Å². The van der Waals surface area contributed by atoms with E-state index in [0.29, 0.717) is 11.4 Å². The maximum Gasteiger partial charge on any atom is 0.136 e. The summed E-state index contributed by atoms with van der Waals surface area (Å²) in [4.78, 5) is 12.2. The lowest BCUT2D eigenvalue weighted by molar-refractivity contribution is 0.181. The number of anilines is 1. The lowest BCUT2D eigenvalue weighted by Gasteiger charge is -2.45. The average molecular weight is 350 g/mol. The molecule has 1 saturated carbocycles. The smallest absolute Gasteiger partial charge is 0.136 e. The highest BCUT2D eigenvalue weighted by Gasteiger charge is 2.38. The van der Waals surface area contributed by atoms with Gasteiger partial charge < -0.3 is 9.64 Å². The molecule has 1 aliphatic carbocycles. The SMILES string of the molecule is COCc1cc(N2CCSC3(CCCCC3)C2)nc(C(C)(C)C)n1. The van der Waals surface area contributed by atoms with Crippen molar-refractivity contribution in [3.8, 4) is 0 Å². The molecule has 0 amide bonds. The van der Waals surface area contributed by atoms with E-state index in [1.54, 1.807) is 7.11 Å². The minimum atomic E-state index is -0.0500. The molecule has 134 valence electrons. The molecule has 1 aromatic heterocycles. The third-order valence-corrected chi connectivity index (χ3v) is 6.60. The monoisotopic (exact) mass is 349 g/mol. The van der Waals surface area contributed by atoms with Gasteiger partial charge in [-0.25, -0.2) is 9.97 Å². The zero-order chi connectivity index (χ0) is 17.2. The van der Waals surface area contributed by atoms with Gasteiger partial charge in [-0.1, -0.05) is 40.0 Å². The Bertz CT molecular complexity index is 559. The minimum absolute atomic E-state index is 0.0500. The number of ether oxygens (including phenoxy) is 1. The Morgan fingerprint density at radius 1 is 1.21 bits per heavy atom. The van der Waals surface area contributed by atoms with E-state index in [4.69, 9.17) is 14.7 Å². The second-order valence-electron chi connectivity index (χ2n) is 8.24. The van der Waals surface area contributed by atoms with Gasteiger partial charge in [-0.2, -0.15) is 11.8 Å². The van der Waals surface area contributed by atoms with Gasteiger partial charge in [0.05, 0.1) is 12.3 Å². The molecule has 0 aromatic carbocycles. The van der Waals surface area contributed by atoms with Crippen molar-refractivity contribution < 1.29 is 4.74 Å². The van der Waals surface area contributed by atoms with Crippen molar-refractivity contribution in [3.05, 3.63) is 17.6 Å². The van der Waals surface area contributed by atoms with E-state index in [-0.39, 0.29) is 5.41 Å². The highest BCUT2D eigenvalue weighted by atomic mass is 32.2. The molecule has 5 heteroatoms. The van der Waals surface area contributed by atoms with Crippen LogP contribution in [0.25, 0.3) is 0 Å². The Labute approximate surface area is 150 Å². The van der Waals surface area contributed by atoms with Crippen LogP contribution in [-0.4, -0.2) is 40.7 Å². The van der Waals surface area contributed by atoms with Crippen LogP contribution in [0.3, 0.4) is 0 Å². The molecule has 0 bridgehead atoms. The molecule has 2 heterocycles. The van der Waals surface area contributed by atoms with Crippen LogP contribution >= 0.6 is 11.8 Å². The number of hydrogen-bond donors (Lipinski definition) is 0. The molecule has 0 unspecified atom stereocenters. The summed E-state index contributed by atoms with van der Waals surface area (Å²) < 4.78 is 5.78. The average Bonchev–Trinajstić information content (AvgIpc) is 2.55. The van der Waals surface area contributed by atoms with Crippen molar-refractivity contribution >= 4 is 17.6 Å². The Morgan fingerprint density at radius 2 is 1.96 bits per heavy atom. The molecule has 1 saturated heterocycles. The van der Waals surface area contributed by atoms with Gasteiger partial charge in [0.25, 0.3) is 0 Å². The van der Waals surface area contributed by atoms with E-state index in [2.05, 4.69) is 43.5 Å². The number of hydrogen-bond acceptors (Lipinski definition) is 5. The van der Waals surface area contributed by atoms with Crippen LogP contribution in [0.2, 0.25) is 0 Å². The molecular formula is C19H31N3OS. The molecule has 4 nitrogen and oxygen atoms in total. The largest absolute Gasteiger partial charge is 0.378 e. The van der Waals surface area contributed by atoms with Crippen molar-refractivity contribution in [2.45, 2.75) is 69.6 Å². The van der Waals surface area contributed by atoms with Gasteiger partial charge in [0.1, 0.15) is 11.6 Å². The Morgan fingerprint density at radius 3 is 2.62 bits per heavy atom. The summed E-state index contributed by atoms with van der Waals surface area (Å²) in [5, 5.41) is 0. The second kappa shape index (κ2) is 7.20. The van der Waals surface area contributed by atoms with E-state index in [1.807, 2.05) is 0 Å². The Kier molecular flexibility index (Phi) is 5.40. The van der Waals surface area contributed by atoms with Crippen LogP contribution in [-0.2, 0) is 16.8 Å². The van der Waals surface area contributed by atoms with E-state index < -0.39 is 0 Å². The van der Waals surface area contributed by atoms with Gasteiger partial charge in [-0.3, -0.25) is 0 Å². The van der Waals surface area contributed by atoms with Crippen LogP contribution < -0.4 is 4.90 Å². The summed E-state index contributed by atoms with van der Waals surface area (Å²) in [5.74, 6) is 3.21. The van der Waals surface area contributed by atoms with Crippen LogP contribution in [0, 0.1) is 0 Å². The summed E-state index contributed by atoms with van der Waals surface area (Å²) in [6, 6.07) is 2.13. The van der Waals surface area contributed by atoms with Crippen molar-refractivity contribution in [1.82, 2.24) is 9.97 Å². The molecule has 24 heavy (non-hydrogen) atoms. The molecule has 0 N–H and O–H groups in total. The molecule has 0 atom stereocenters. The molecule has 2 fully saturated rings. The maximum absolute atomic E-state index is 5.33. The van der Waals surface area contributed by atoms with E-state index in [1.165, 1.54) is 37.9 Å². The number of thioether (sulfide) groups is 1. The van der Waals surface area contributed by atoms with Gasteiger partial charge in [-0.05, 0) is 12.8 Å². The molecule has 2 aliphatic rings. The van der Waals surface area contributed by atoms with Crippen molar-refractivity contribution in [2.24, 2.45) is 0 Å². The van der Waals surface area contributed by atoms with Crippen molar-refractivity contribution in [2.75, 3.05) is 30.9 Å². The van der Waals surface area contributed by atoms with Gasteiger partial charge in [0.2, 0.25) is 0 Å². The Balaban J connectivity index is 1.88. The van der Waals surface area contributed by atoms with Crippen molar-refractivity contribution in [1.29, 1.82) is 0 Å². The standard InChI is InChI=1S/C19H31N3OS/c1-18(2,3)17-20-15(13-23-4)12-16(21-17)22-10-11-24-19(14-22)8-6-5-7-9-19/h12H,5-11,13-14H2,1-4H3. The molecule has 1 aromatic rings. The quantitative estimate of drug-likeness (QED) is 0.818. The minimum Gasteiger partial charge on any atom is -0.378 e. The molecule has 0 radical (unpaired) electrons. The first-order chi connectivity index (χ1) is 11.4. The number of methoxy groups -OCH3 is 1. The van der Waals surface area contributed by atoms with E-state index >= 15 is 0 Å². The zero-order valence-electron chi connectivity index (χ0n) is 15.6. The molecular weight excluding hydrogens is 318 g/mol. The van der Waals surface area contributed by atoms with Crippen LogP contribution in [0.1, 0.15) is 64.4 Å². The molecule has 1 spiro atoms. The second-order valence-corrected chi connectivity index (χ2v) is 9.80. The number of aromatic nitrogens is 2. The fourth-order valence-corrected chi connectivity index (χ4v) is 5.31. The number of rotatable bonds is 3. The molecule has 1 aliphatic heterocycles. The van der Waals surface area contributed by atoms with E-state index in [9.17, 15) is 0 Å². The molecule has 3 rings (SSSR count). The Hall–Kier alpha value is -0.810. The van der Waals surface area contributed by atoms with E-state index in [0.717, 1.165) is 30.4 Å². The van der Waals surface area contributed by atoms with Gasteiger partial charge in [-0.15, -0.1) is 0 Å². The van der Waals surface area contributed by atoms with Crippen LogP contribution in [0.5, 0.6) is 0 Å². The normalized spacial score (nSPS) is 21.2. The lowest BCUT2D eigenvalue weighted by Crippen LogP contribution is -2.48. The summed E-state index contributed by atoms with van der Waals surface area (Å²) in [5.41, 5.74) is 0.939. The summed E-state index contributed by atoms with van der Waals surface area (Å²) in [7, 11) is 1.73. The predicted octanol–water partition coefficient (Wildman–Crippen LogP) is 4.18. The first-order valence-electron chi connectivity index (χ1n) is 9.18. The highest BCUT2D eigenvalue weighted by molar-refractivity contribution is 8.00.